The van der Waals surface area contributed by atoms with Gasteiger partial charge in [-0.1, -0.05) is 19.8 Å². The highest BCUT2D eigenvalue weighted by molar-refractivity contribution is 7.54. The van der Waals surface area contributed by atoms with E-state index in [9.17, 15) is 19.7 Å². The zero-order chi connectivity index (χ0) is 17.9. The molecule has 3 N–H and O–H groups in total. The number of rotatable bonds is 13. The van der Waals surface area contributed by atoms with E-state index in [1.54, 1.807) is 0 Å². The molecule has 0 radical (unpaired) electrons. The molecule has 9 heteroatoms. The fraction of sp³-hybridized carbons (Fsp3) is 0.929. The summed E-state index contributed by atoms with van der Waals surface area (Å²) in [5.41, 5.74) is 0. The first-order valence-corrected chi connectivity index (χ1v) is 9.37. The molecule has 8 nitrogen and oxygen atoms in total. The van der Waals surface area contributed by atoms with Crippen LogP contribution in [0, 0.1) is 0 Å². The predicted molar refractivity (Wildman–Crippen MR) is 87.3 cm³/mol. The van der Waals surface area contributed by atoms with E-state index in [1.165, 1.54) is 0 Å². The molecule has 0 spiro atoms. The normalized spacial score (nSPS) is 13.9. The molecule has 0 aromatic carbocycles. The summed E-state index contributed by atoms with van der Waals surface area (Å²) in [4.78, 5) is 30.9. The number of hydrogen-bond donors (Lipinski definition) is 3. The Morgan fingerprint density at radius 1 is 1.17 bits per heavy atom. The minimum Gasteiger partial charge on any atom is -0.457 e. The Morgan fingerprint density at radius 3 is 2.35 bits per heavy atom. The first-order chi connectivity index (χ1) is 10.6. The van der Waals surface area contributed by atoms with Crippen LogP contribution in [0.1, 0.15) is 32.6 Å². The number of aliphatic hydroxyl groups excluding tert-OH is 1. The van der Waals surface area contributed by atoms with Gasteiger partial charge in [-0.2, -0.15) is 9.79 Å². The largest absolute Gasteiger partial charge is 0.570 e. The molecule has 23 heavy (non-hydrogen) atoms. The molecule has 0 unspecified atom stereocenters. The number of unbranched alkanes of at least 4 members (excludes halogenated alkanes) is 2. The standard InChI is InChI=1S/C14H32NO7P/c1-5-6-7-8-14(17)22-13(11-16)12-21-23(18,19)20-10-9-15(2,3)4/h13,16,18-19H,5-12H2,1-4H3/q+2/t13-/m0/s1. The molecule has 0 aliphatic heterocycles. The number of carbonyl (C=O) groups excluding carboxylic acids is 1. The van der Waals surface area contributed by atoms with Crippen LogP contribution in [-0.4, -0.2) is 79.0 Å². The van der Waals surface area contributed by atoms with Crippen LogP contribution in [0.15, 0.2) is 0 Å². The van der Waals surface area contributed by atoms with E-state index < -0.39 is 26.9 Å². The Hall–Kier alpha value is -0.340. The van der Waals surface area contributed by atoms with Crippen molar-refractivity contribution in [2.45, 2.75) is 38.7 Å². The van der Waals surface area contributed by atoms with Crippen molar-refractivity contribution in [2.75, 3.05) is 47.5 Å². The lowest BCUT2D eigenvalue weighted by Gasteiger charge is -2.23. The molecule has 0 saturated carbocycles. The Bertz CT molecular complexity index is 334. The highest BCUT2D eigenvalue weighted by atomic mass is 31.2. The van der Waals surface area contributed by atoms with Gasteiger partial charge in [-0.25, -0.2) is 0 Å². The van der Waals surface area contributed by atoms with Crippen molar-refractivity contribution in [3.63, 3.8) is 0 Å². The summed E-state index contributed by atoms with van der Waals surface area (Å²) in [6.45, 7) is 1.92. The van der Waals surface area contributed by atoms with Crippen LogP contribution < -0.4 is 0 Å². The highest BCUT2D eigenvalue weighted by Crippen LogP contribution is 2.52. The highest BCUT2D eigenvalue weighted by Gasteiger charge is 2.41. The number of hydrogen-bond acceptors (Lipinski definition) is 7. The van der Waals surface area contributed by atoms with Crippen molar-refractivity contribution in [3.8, 4) is 0 Å². The second-order valence-electron chi connectivity index (χ2n) is 6.39. The number of ether oxygens (including phenoxy) is 1. The fourth-order valence-corrected chi connectivity index (χ4v) is 2.29. The van der Waals surface area contributed by atoms with Crippen LogP contribution in [0.4, 0.5) is 0 Å². The third-order valence-corrected chi connectivity index (χ3v) is 3.94. The first-order valence-electron chi connectivity index (χ1n) is 7.84. The summed E-state index contributed by atoms with van der Waals surface area (Å²) >= 11 is 0. The fourth-order valence-electron chi connectivity index (χ4n) is 1.54. The third-order valence-electron chi connectivity index (χ3n) is 2.94. The lowest BCUT2D eigenvalue weighted by atomic mass is 10.2. The molecule has 0 aliphatic carbocycles. The topological polar surface area (TPSA) is 105 Å². The summed E-state index contributed by atoms with van der Waals surface area (Å²) in [5.74, 6) is -0.438. The molecule has 0 aromatic heterocycles. The van der Waals surface area contributed by atoms with Crippen molar-refractivity contribution < 1.29 is 38.0 Å². The van der Waals surface area contributed by atoms with E-state index in [0.29, 0.717) is 11.0 Å². The van der Waals surface area contributed by atoms with E-state index in [1.807, 2.05) is 28.1 Å². The third kappa shape index (κ3) is 13.8. The van der Waals surface area contributed by atoms with Crippen molar-refractivity contribution in [2.24, 2.45) is 0 Å². The van der Waals surface area contributed by atoms with Crippen molar-refractivity contribution >= 4 is 14.1 Å². The van der Waals surface area contributed by atoms with Crippen molar-refractivity contribution in [1.29, 1.82) is 0 Å². The van der Waals surface area contributed by atoms with Gasteiger partial charge in [0, 0.05) is 6.42 Å². The first kappa shape index (κ1) is 22.7. The number of likely N-dealkylation sites (N-methyl/N-ethyl adjacent to an activating group) is 1. The molecular formula is C14H32NO7P+2. The second kappa shape index (κ2) is 11.3. The van der Waals surface area contributed by atoms with E-state index in [4.69, 9.17) is 13.8 Å². The van der Waals surface area contributed by atoms with Gasteiger partial charge < -0.3 is 14.3 Å². The van der Waals surface area contributed by atoms with Crippen LogP contribution in [-0.2, 0) is 18.6 Å². The Morgan fingerprint density at radius 2 is 1.83 bits per heavy atom. The van der Waals surface area contributed by atoms with Gasteiger partial charge in [0.2, 0.25) is 0 Å². The average Bonchev–Trinajstić information content (AvgIpc) is 2.42. The number of aliphatic hydroxyl groups is 1. The number of esters is 1. The van der Waals surface area contributed by atoms with Gasteiger partial charge in [-0.05, 0) is 6.42 Å². The zero-order valence-corrected chi connectivity index (χ0v) is 15.5. The molecular weight excluding hydrogens is 325 g/mol. The van der Waals surface area contributed by atoms with Crippen LogP contribution in [0.2, 0.25) is 0 Å². The lowest BCUT2D eigenvalue weighted by molar-refractivity contribution is -0.870. The summed E-state index contributed by atoms with van der Waals surface area (Å²) < 4.78 is 15.5. The monoisotopic (exact) mass is 357 g/mol. The molecule has 0 bridgehead atoms. The van der Waals surface area contributed by atoms with E-state index in [-0.39, 0.29) is 19.6 Å². The Kier molecular flexibility index (Phi) is 11.1. The molecule has 0 saturated heterocycles. The molecule has 0 amide bonds. The van der Waals surface area contributed by atoms with Crippen molar-refractivity contribution in [3.05, 3.63) is 0 Å². The Balaban J connectivity index is 4.09. The van der Waals surface area contributed by atoms with Gasteiger partial charge in [-0.3, -0.25) is 4.79 Å². The predicted octanol–water partition coefficient (Wildman–Crippen LogP) is 0.872. The molecule has 0 heterocycles. The van der Waals surface area contributed by atoms with Gasteiger partial charge in [0.1, 0.15) is 19.8 Å². The minimum absolute atomic E-state index is 0.116. The van der Waals surface area contributed by atoms with Crippen molar-refractivity contribution in [1.82, 2.24) is 0 Å². The quantitative estimate of drug-likeness (QED) is 0.194. The summed E-state index contributed by atoms with van der Waals surface area (Å²) in [6.07, 6.45) is 1.97. The zero-order valence-electron chi connectivity index (χ0n) is 14.6. The van der Waals surface area contributed by atoms with E-state index in [0.717, 1.165) is 19.3 Å². The molecule has 0 aromatic rings. The molecule has 1 atom stereocenters. The van der Waals surface area contributed by atoms with Gasteiger partial charge in [0.05, 0.1) is 27.7 Å². The Labute approximate surface area is 139 Å². The maximum Gasteiger partial charge on any atom is 0.570 e. The molecule has 0 aliphatic rings. The van der Waals surface area contributed by atoms with Crippen LogP contribution in [0.25, 0.3) is 0 Å². The van der Waals surface area contributed by atoms with Crippen LogP contribution >= 0.6 is 8.17 Å². The van der Waals surface area contributed by atoms with Crippen LogP contribution in [0.3, 0.4) is 0 Å². The number of carbonyl (C=O) groups is 1. The summed E-state index contributed by atoms with van der Waals surface area (Å²) in [5, 5.41) is 9.17. The maximum absolute atomic E-state index is 11.6. The molecule has 0 fully saturated rings. The summed E-state index contributed by atoms with van der Waals surface area (Å²) in [7, 11) is 1.85. The lowest BCUT2D eigenvalue weighted by Crippen LogP contribution is -2.37. The second-order valence-corrected chi connectivity index (χ2v) is 7.88. The van der Waals surface area contributed by atoms with Gasteiger partial charge in [0.25, 0.3) is 0 Å². The van der Waals surface area contributed by atoms with Gasteiger partial charge in [0.15, 0.2) is 6.10 Å². The minimum atomic E-state index is -3.98. The SMILES string of the molecule is CCCCCC(=O)O[C@@H](CO)CO[P+](O)(O)OCC[N+](C)(C)C. The maximum atomic E-state index is 11.6. The molecule has 138 valence electrons. The van der Waals surface area contributed by atoms with Gasteiger partial charge >= 0.3 is 14.1 Å². The van der Waals surface area contributed by atoms with Crippen LogP contribution in [0.5, 0.6) is 0 Å². The summed E-state index contributed by atoms with van der Waals surface area (Å²) in [6, 6.07) is 0. The number of nitrogens with zero attached hydrogens (tertiary/aromatic N) is 1. The number of quaternary nitrogens is 1. The van der Waals surface area contributed by atoms with E-state index >= 15 is 0 Å². The average molecular weight is 357 g/mol. The molecule has 0 rings (SSSR count). The van der Waals surface area contributed by atoms with E-state index in [2.05, 4.69) is 0 Å². The smallest absolute Gasteiger partial charge is 0.457 e. The van der Waals surface area contributed by atoms with Gasteiger partial charge in [-0.15, -0.1) is 9.05 Å².